The Morgan fingerprint density at radius 3 is 2.96 bits per heavy atom. The molecular weight excluding hydrogens is 295 g/mol. The summed E-state index contributed by atoms with van der Waals surface area (Å²) in [6.45, 7) is 4.54. The van der Waals surface area contributed by atoms with Gasteiger partial charge in [0.15, 0.2) is 0 Å². The highest BCUT2D eigenvalue weighted by Gasteiger charge is 2.34. The molecule has 0 unspecified atom stereocenters. The molecule has 2 heterocycles. The molecule has 1 aliphatic rings. The van der Waals surface area contributed by atoms with E-state index in [1.54, 1.807) is 24.4 Å². The first kappa shape index (κ1) is 15.7. The van der Waals surface area contributed by atoms with E-state index in [4.69, 9.17) is 4.42 Å². The Labute approximate surface area is 135 Å². The van der Waals surface area contributed by atoms with Crippen LogP contribution >= 0.6 is 0 Å². The fourth-order valence-corrected chi connectivity index (χ4v) is 3.01. The van der Waals surface area contributed by atoms with Crippen LogP contribution in [0, 0.1) is 11.7 Å². The van der Waals surface area contributed by atoms with E-state index in [-0.39, 0.29) is 23.7 Å². The van der Waals surface area contributed by atoms with E-state index in [0.29, 0.717) is 23.6 Å². The van der Waals surface area contributed by atoms with E-state index in [9.17, 15) is 9.18 Å². The summed E-state index contributed by atoms with van der Waals surface area (Å²) in [6, 6.07) is 6.54. The lowest BCUT2D eigenvalue weighted by Gasteiger charge is -2.24. The number of likely N-dealkylation sites (tertiary alicyclic amines) is 1. The molecule has 1 fully saturated rings. The first-order valence-corrected chi connectivity index (χ1v) is 8.04. The van der Waals surface area contributed by atoms with Crippen molar-refractivity contribution in [3.8, 4) is 0 Å². The number of benzene rings is 1. The van der Waals surface area contributed by atoms with Crippen molar-refractivity contribution in [1.29, 1.82) is 0 Å². The zero-order valence-electron chi connectivity index (χ0n) is 13.5. The van der Waals surface area contributed by atoms with Gasteiger partial charge in [-0.05, 0) is 24.5 Å². The zero-order chi connectivity index (χ0) is 16.4. The summed E-state index contributed by atoms with van der Waals surface area (Å²) in [5.41, 5.74) is 0.580. The van der Waals surface area contributed by atoms with E-state index in [0.717, 1.165) is 19.4 Å². The lowest BCUT2D eigenvalue weighted by molar-refractivity contribution is -0.135. The number of oxazole rings is 1. The third-order valence-electron chi connectivity index (χ3n) is 4.21. The standard InChI is InChI=1S/C18H21FN2O2/c1-12(2)18(22)21-9-5-8-16(21)17-20-11-14(23-17)10-13-6-3-4-7-15(13)19/h3-4,6-7,11-12,16H,5,8-10H2,1-2H3/t16-/m1/s1. The Kier molecular flexibility index (Phi) is 4.46. The van der Waals surface area contributed by atoms with Crippen molar-refractivity contribution in [3.05, 3.63) is 53.5 Å². The Morgan fingerprint density at radius 2 is 2.22 bits per heavy atom. The molecule has 122 valence electrons. The summed E-state index contributed by atoms with van der Waals surface area (Å²) >= 11 is 0. The molecule has 0 bridgehead atoms. The van der Waals surface area contributed by atoms with Gasteiger partial charge in [0.2, 0.25) is 11.8 Å². The molecule has 0 aliphatic carbocycles. The van der Waals surface area contributed by atoms with Crippen molar-refractivity contribution in [3.63, 3.8) is 0 Å². The van der Waals surface area contributed by atoms with Crippen LogP contribution in [0.5, 0.6) is 0 Å². The SMILES string of the molecule is CC(C)C(=O)N1CCC[C@@H]1c1ncc(Cc2ccccc2F)o1. The first-order valence-electron chi connectivity index (χ1n) is 8.04. The van der Waals surface area contributed by atoms with Gasteiger partial charge in [0.1, 0.15) is 17.6 Å². The Balaban J connectivity index is 1.76. The minimum absolute atomic E-state index is 0.0385. The quantitative estimate of drug-likeness (QED) is 0.863. The number of hydrogen-bond acceptors (Lipinski definition) is 3. The third kappa shape index (κ3) is 3.28. The van der Waals surface area contributed by atoms with Crippen molar-refractivity contribution in [2.24, 2.45) is 5.92 Å². The topological polar surface area (TPSA) is 46.3 Å². The summed E-state index contributed by atoms with van der Waals surface area (Å²) in [5, 5.41) is 0. The average molecular weight is 316 g/mol. The smallest absolute Gasteiger partial charge is 0.225 e. The Hall–Kier alpha value is -2.17. The number of carbonyl (C=O) groups is 1. The molecule has 0 spiro atoms. The number of carbonyl (C=O) groups excluding carboxylic acids is 1. The van der Waals surface area contributed by atoms with Crippen LogP contribution in [0.4, 0.5) is 4.39 Å². The second kappa shape index (κ2) is 6.52. The van der Waals surface area contributed by atoms with Crippen LogP contribution in [0.15, 0.2) is 34.9 Å². The van der Waals surface area contributed by atoms with Gasteiger partial charge in [-0.1, -0.05) is 32.0 Å². The van der Waals surface area contributed by atoms with Gasteiger partial charge in [0, 0.05) is 18.9 Å². The van der Waals surface area contributed by atoms with Gasteiger partial charge in [-0.15, -0.1) is 0 Å². The first-order chi connectivity index (χ1) is 11.1. The highest BCUT2D eigenvalue weighted by atomic mass is 19.1. The lowest BCUT2D eigenvalue weighted by atomic mass is 10.1. The highest BCUT2D eigenvalue weighted by Crippen LogP contribution is 2.33. The lowest BCUT2D eigenvalue weighted by Crippen LogP contribution is -2.33. The number of nitrogens with zero attached hydrogens (tertiary/aromatic N) is 2. The van der Waals surface area contributed by atoms with Gasteiger partial charge in [0.05, 0.1) is 6.20 Å². The molecule has 1 aromatic carbocycles. The summed E-state index contributed by atoms with van der Waals surface area (Å²) in [4.78, 5) is 18.5. The van der Waals surface area contributed by atoms with Gasteiger partial charge in [-0.25, -0.2) is 9.37 Å². The molecule has 5 heteroatoms. The molecule has 1 amide bonds. The average Bonchev–Trinajstić information content (AvgIpc) is 3.17. The van der Waals surface area contributed by atoms with Crippen molar-refractivity contribution >= 4 is 5.91 Å². The van der Waals surface area contributed by atoms with E-state index in [1.807, 2.05) is 18.7 Å². The van der Waals surface area contributed by atoms with Crippen LogP contribution in [-0.4, -0.2) is 22.3 Å². The van der Waals surface area contributed by atoms with Crippen LogP contribution in [0.1, 0.15) is 49.9 Å². The van der Waals surface area contributed by atoms with Gasteiger partial charge in [0.25, 0.3) is 0 Å². The van der Waals surface area contributed by atoms with Gasteiger partial charge in [-0.3, -0.25) is 4.79 Å². The molecule has 0 saturated carbocycles. The minimum atomic E-state index is -0.247. The molecule has 4 nitrogen and oxygen atoms in total. The third-order valence-corrected chi connectivity index (χ3v) is 4.21. The molecule has 3 rings (SSSR count). The molecule has 2 aromatic rings. The number of halogens is 1. The number of amides is 1. The molecule has 0 N–H and O–H groups in total. The van der Waals surface area contributed by atoms with Gasteiger partial charge in [-0.2, -0.15) is 0 Å². The fraction of sp³-hybridized carbons (Fsp3) is 0.444. The number of rotatable bonds is 4. The second-order valence-corrected chi connectivity index (χ2v) is 6.28. The highest BCUT2D eigenvalue weighted by molar-refractivity contribution is 5.78. The zero-order valence-corrected chi connectivity index (χ0v) is 13.5. The van der Waals surface area contributed by atoms with E-state index >= 15 is 0 Å². The maximum absolute atomic E-state index is 13.7. The minimum Gasteiger partial charge on any atom is -0.443 e. The molecule has 1 saturated heterocycles. The van der Waals surface area contributed by atoms with Crippen LogP contribution in [0.2, 0.25) is 0 Å². The van der Waals surface area contributed by atoms with Crippen LogP contribution < -0.4 is 0 Å². The van der Waals surface area contributed by atoms with Crippen LogP contribution in [0.3, 0.4) is 0 Å². The van der Waals surface area contributed by atoms with E-state index in [2.05, 4.69) is 4.98 Å². The summed E-state index contributed by atoms with van der Waals surface area (Å²) in [6.07, 6.45) is 3.81. The molecule has 23 heavy (non-hydrogen) atoms. The van der Waals surface area contributed by atoms with Crippen LogP contribution in [0.25, 0.3) is 0 Å². The summed E-state index contributed by atoms with van der Waals surface area (Å²) in [7, 11) is 0. The second-order valence-electron chi connectivity index (χ2n) is 6.28. The van der Waals surface area contributed by atoms with Crippen molar-refractivity contribution in [2.75, 3.05) is 6.54 Å². The predicted octanol–water partition coefficient (Wildman–Crippen LogP) is 3.72. The molecular formula is C18H21FN2O2. The van der Waals surface area contributed by atoms with E-state index in [1.165, 1.54) is 6.07 Å². The molecule has 1 aliphatic heterocycles. The monoisotopic (exact) mass is 316 g/mol. The predicted molar refractivity (Wildman–Crippen MR) is 84.2 cm³/mol. The van der Waals surface area contributed by atoms with Crippen LogP contribution in [-0.2, 0) is 11.2 Å². The number of hydrogen-bond donors (Lipinski definition) is 0. The summed E-state index contributed by atoms with van der Waals surface area (Å²) < 4.78 is 19.5. The Bertz CT molecular complexity index is 696. The van der Waals surface area contributed by atoms with Gasteiger partial charge < -0.3 is 9.32 Å². The number of aromatic nitrogens is 1. The normalized spacial score (nSPS) is 17.9. The van der Waals surface area contributed by atoms with Crippen molar-refractivity contribution in [2.45, 2.75) is 39.2 Å². The fourth-order valence-electron chi connectivity index (χ4n) is 3.01. The molecule has 0 radical (unpaired) electrons. The molecule has 1 atom stereocenters. The largest absolute Gasteiger partial charge is 0.443 e. The maximum Gasteiger partial charge on any atom is 0.225 e. The van der Waals surface area contributed by atoms with Crippen molar-refractivity contribution in [1.82, 2.24) is 9.88 Å². The van der Waals surface area contributed by atoms with Gasteiger partial charge >= 0.3 is 0 Å². The van der Waals surface area contributed by atoms with Crippen molar-refractivity contribution < 1.29 is 13.6 Å². The Morgan fingerprint density at radius 1 is 1.43 bits per heavy atom. The summed E-state index contributed by atoms with van der Waals surface area (Å²) in [5.74, 6) is 1.02. The van der Waals surface area contributed by atoms with E-state index < -0.39 is 0 Å². The maximum atomic E-state index is 13.7. The molecule has 1 aromatic heterocycles.